The first kappa shape index (κ1) is 37.1. The van der Waals surface area contributed by atoms with Crippen molar-refractivity contribution in [2.75, 3.05) is 0 Å². The van der Waals surface area contributed by atoms with Crippen LogP contribution in [0.4, 0.5) is 0 Å². The lowest BCUT2D eigenvalue weighted by molar-refractivity contribution is 1.17. The molecule has 4 heteroatoms. The Morgan fingerprint density at radius 1 is 0.279 bits per heavy atom. The number of hydrogen-bond acceptors (Lipinski definition) is 2. The van der Waals surface area contributed by atoms with Gasteiger partial charge in [-0.15, -0.1) is 0 Å². The van der Waals surface area contributed by atoms with Crippen LogP contribution in [0.3, 0.4) is 0 Å². The standard InChI is InChI=1S/C64H38N4/c1-2-17-41-37-60-55(35-40(41)16-1)51-32-30-43(67-58-28-14-12-25-50(58)53-31-29-39-15-3-6-20-45(39)63(53)67)38-61(51)68(60)59-34-33-52(48-23-9-10-24-49(48)59)62-54-26-11-13-27-57(54)65-64(66-62)56-36-42-18-4-5-19-44(42)46-21-7-8-22-47(46)56/h1-38H. The molecule has 4 nitrogen and oxygen atoms in total. The van der Waals surface area contributed by atoms with Crippen molar-refractivity contribution in [1.82, 2.24) is 19.1 Å². The van der Waals surface area contributed by atoms with Gasteiger partial charge >= 0.3 is 0 Å². The Labute approximate surface area is 390 Å². The Morgan fingerprint density at radius 3 is 1.69 bits per heavy atom. The third kappa shape index (κ3) is 5.31. The minimum absolute atomic E-state index is 0.716. The number of nitrogens with zero attached hydrogens (tertiary/aromatic N) is 4. The third-order valence-corrected chi connectivity index (χ3v) is 14.4. The predicted molar refractivity (Wildman–Crippen MR) is 287 cm³/mol. The molecule has 12 aromatic carbocycles. The van der Waals surface area contributed by atoms with Gasteiger partial charge < -0.3 is 9.13 Å². The van der Waals surface area contributed by atoms with Crippen molar-refractivity contribution in [3.8, 4) is 34.0 Å². The summed E-state index contributed by atoms with van der Waals surface area (Å²) >= 11 is 0. The van der Waals surface area contributed by atoms with Crippen LogP contribution >= 0.6 is 0 Å². The van der Waals surface area contributed by atoms with E-state index in [2.05, 4.69) is 240 Å². The number of aromatic nitrogens is 4. The molecule has 0 saturated heterocycles. The highest BCUT2D eigenvalue weighted by atomic mass is 15.0. The molecule has 0 unspecified atom stereocenters. The predicted octanol–water partition coefficient (Wildman–Crippen LogP) is 16.9. The van der Waals surface area contributed by atoms with E-state index in [1.807, 2.05) is 0 Å². The molecular weight excluding hydrogens is 825 g/mol. The molecule has 68 heavy (non-hydrogen) atoms. The van der Waals surface area contributed by atoms with Gasteiger partial charge in [0.15, 0.2) is 5.82 Å². The SMILES string of the molecule is c1ccc2cc3c(cc2c1)c1ccc(-n2c4ccccc4c4ccc5ccccc5c42)cc1n3-c1ccc(-c2nc(-c3cc4ccccc4c4ccccc34)nc3ccccc23)c2ccccc12. The highest BCUT2D eigenvalue weighted by Gasteiger charge is 2.22. The molecule has 0 amide bonds. The topological polar surface area (TPSA) is 35.6 Å². The zero-order valence-corrected chi connectivity index (χ0v) is 36.7. The largest absolute Gasteiger partial charge is 0.309 e. The Hall–Kier alpha value is -9.12. The molecule has 0 bridgehead atoms. The highest BCUT2D eigenvalue weighted by molar-refractivity contribution is 6.20. The normalized spacial score (nSPS) is 12.1. The summed E-state index contributed by atoms with van der Waals surface area (Å²) in [5.74, 6) is 0.716. The molecule has 0 N–H and O–H groups in total. The van der Waals surface area contributed by atoms with E-state index in [0.717, 1.165) is 60.8 Å². The Balaban J connectivity index is 1.01. The summed E-state index contributed by atoms with van der Waals surface area (Å²) in [6.07, 6.45) is 0. The van der Waals surface area contributed by atoms with E-state index in [1.54, 1.807) is 0 Å². The van der Waals surface area contributed by atoms with E-state index in [0.29, 0.717) is 5.82 Å². The molecule has 3 aromatic heterocycles. The van der Waals surface area contributed by atoms with Gasteiger partial charge in [-0.25, -0.2) is 9.97 Å². The van der Waals surface area contributed by atoms with Crippen molar-refractivity contribution in [3.63, 3.8) is 0 Å². The maximum absolute atomic E-state index is 5.57. The molecular formula is C64H38N4. The van der Waals surface area contributed by atoms with Gasteiger partial charge in [0.05, 0.1) is 39.0 Å². The fraction of sp³-hybridized carbons (Fsp3) is 0. The third-order valence-electron chi connectivity index (χ3n) is 14.4. The van der Waals surface area contributed by atoms with Gasteiger partial charge in [-0.05, 0) is 91.6 Å². The van der Waals surface area contributed by atoms with Crippen LogP contribution in [0.5, 0.6) is 0 Å². The summed E-state index contributed by atoms with van der Waals surface area (Å²) in [5, 5.41) is 17.9. The van der Waals surface area contributed by atoms with Crippen molar-refractivity contribution in [2.45, 2.75) is 0 Å². The maximum Gasteiger partial charge on any atom is 0.161 e. The molecule has 0 aliphatic rings. The average Bonchev–Trinajstić information content (AvgIpc) is 3.91. The van der Waals surface area contributed by atoms with Gasteiger partial charge in [0.1, 0.15) is 0 Å². The fourth-order valence-electron chi connectivity index (χ4n) is 11.4. The van der Waals surface area contributed by atoms with Crippen LogP contribution in [0.25, 0.3) is 142 Å². The van der Waals surface area contributed by atoms with Crippen LogP contribution in [-0.2, 0) is 0 Å². The second kappa shape index (κ2) is 14.2. The van der Waals surface area contributed by atoms with Crippen LogP contribution in [0.1, 0.15) is 0 Å². The van der Waals surface area contributed by atoms with Gasteiger partial charge in [0.25, 0.3) is 0 Å². The van der Waals surface area contributed by atoms with Crippen molar-refractivity contribution < 1.29 is 0 Å². The molecule has 3 heterocycles. The maximum atomic E-state index is 5.57. The summed E-state index contributed by atoms with van der Waals surface area (Å²) in [5.41, 5.74) is 10.9. The van der Waals surface area contributed by atoms with Crippen molar-refractivity contribution >= 4 is 108 Å². The van der Waals surface area contributed by atoms with Crippen molar-refractivity contribution in [1.29, 1.82) is 0 Å². The summed E-state index contributed by atoms with van der Waals surface area (Å²) in [7, 11) is 0. The summed E-state index contributed by atoms with van der Waals surface area (Å²) in [4.78, 5) is 10.9. The van der Waals surface area contributed by atoms with Gasteiger partial charge in [-0.1, -0.05) is 182 Å². The number of benzene rings is 12. The second-order valence-electron chi connectivity index (χ2n) is 18.1. The molecule has 15 aromatic rings. The zero-order chi connectivity index (χ0) is 44.5. The monoisotopic (exact) mass is 862 g/mol. The number of rotatable bonds is 4. The molecule has 314 valence electrons. The minimum Gasteiger partial charge on any atom is -0.309 e. The average molecular weight is 863 g/mol. The lowest BCUT2D eigenvalue weighted by atomic mass is 9.95. The number of fused-ring (bicyclic) bond motifs is 14. The van der Waals surface area contributed by atoms with Crippen LogP contribution in [0, 0.1) is 0 Å². The van der Waals surface area contributed by atoms with Gasteiger partial charge in [0.2, 0.25) is 0 Å². The molecule has 15 rings (SSSR count). The smallest absolute Gasteiger partial charge is 0.161 e. The Bertz CT molecular complexity index is 4630. The van der Waals surface area contributed by atoms with Crippen LogP contribution in [0.15, 0.2) is 231 Å². The van der Waals surface area contributed by atoms with Crippen molar-refractivity contribution in [2.24, 2.45) is 0 Å². The van der Waals surface area contributed by atoms with E-state index in [-0.39, 0.29) is 0 Å². The first-order chi connectivity index (χ1) is 33.7. The first-order valence-electron chi connectivity index (χ1n) is 23.3. The van der Waals surface area contributed by atoms with E-state index in [1.165, 1.54) is 75.8 Å². The molecule has 0 aliphatic carbocycles. The van der Waals surface area contributed by atoms with E-state index >= 15 is 0 Å². The summed E-state index contributed by atoms with van der Waals surface area (Å²) in [6, 6.07) is 84.0. The molecule has 0 saturated carbocycles. The fourth-order valence-corrected chi connectivity index (χ4v) is 11.4. The number of para-hydroxylation sites is 2. The van der Waals surface area contributed by atoms with Gasteiger partial charge in [0, 0.05) is 54.5 Å². The van der Waals surface area contributed by atoms with Crippen LogP contribution in [0.2, 0.25) is 0 Å². The summed E-state index contributed by atoms with van der Waals surface area (Å²) in [6.45, 7) is 0. The summed E-state index contributed by atoms with van der Waals surface area (Å²) < 4.78 is 4.98. The number of hydrogen-bond donors (Lipinski definition) is 0. The molecule has 0 atom stereocenters. The van der Waals surface area contributed by atoms with Gasteiger partial charge in [-0.3, -0.25) is 0 Å². The van der Waals surface area contributed by atoms with Crippen LogP contribution in [-0.4, -0.2) is 19.1 Å². The first-order valence-corrected chi connectivity index (χ1v) is 23.3. The lowest BCUT2D eigenvalue weighted by Gasteiger charge is -2.17. The quantitative estimate of drug-likeness (QED) is 0.165. The van der Waals surface area contributed by atoms with E-state index < -0.39 is 0 Å². The molecule has 0 fully saturated rings. The van der Waals surface area contributed by atoms with Gasteiger partial charge in [-0.2, -0.15) is 0 Å². The van der Waals surface area contributed by atoms with Crippen molar-refractivity contribution in [3.05, 3.63) is 231 Å². The van der Waals surface area contributed by atoms with Crippen LogP contribution < -0.4 is 0 Å². The second-order valence-corrected chi connectivity index (χ2v) is 18.1. The zero-order valence-electron chi connectivity index (χ0n) is 36.7. The molecule has 0 spiro atoms. The lowest BCUT2D eigenvalue weighted by Crippen LogP contribution is -2.00. The Kier molecular flexibility index (Phi) is 7.75. The Morgan fingerprint density at radius 2 is 0.868 bits per heavy atom. The minimum atomic E-state index is 0.716. The van der Waals surface area contributed by atoms with E-state index in [9.17, 15) is 0 Å². The highest BCUT2D eigenvalue weighted by Crippen LogP contribution is 2.44. The molecule has 0 aliphatic heterocycles. The van der Waals surface area contributed by atoms with E-state index in [4.69, 9.17) is 9.97 Å². The molecule has 0 radical (unpaired) electrons.